The maximum atomic E-state index is 11.8. The Morgan fingerprint density at radius 1 is 1.42 bits per heavy atom. The number of hydrogen-bond donors (Lipinski definition) is 1. The molecule has 1 saturated heterocycles. The lowest BCUT2D eigenvalue weighted by molar-refractivity contribution is -0.138. The summed E-state index contributed by atoms with van der Waals surface area (Å²) in [5, 5.41) is 8.75. The highest BCUT2D eigenvalue weighted by Crippen LogP contribution is 2.23. The normalized spacial score (nSPS) is 18.7. The molecule has 2 rings (SSSR count). The van der Waals surface area contributed by atoms with Gasteiger partial charge in [0.25, 0.3) is 0 Å². The van der Waals surface area contributed by atoms with Crippen molar-refractivity contribution in [2.24, 2.45) is 5.92 Å². The molecule has 5 nitrogen and oxygen atoms in total. The van der Waals surface area contributed by atoms with Crippen LogP contribution in [-0.4, -0.2) is 35.5 Å². The molecule has 0 bridgehead atoms. The third-order valence-corrected chi connectivity index (χ3v) is 3.29. The number of carbonyl (C=O) groups is 2. The standard InChI is InChI=1S/C14H17NO4/c1-19-12-4-2-10(3-5-12)8-15-9-11(6-13(15)16)7-14(17)18/h2-5,11H,6-9H2,1H3,(H,17,18). The Bertz CT molecular complexity index is 469. The van der Waals surface area contributed by atoms with E-state index in [-0.39, 0.29) is 18.2 Å². The van der Waals surface area contributed by atoms with Crippen LogP contribution < -0.4 is 4.74 Å². The van der Waals surface area contributed by atoms with Gasteiger partial charge in [-0.15, -0.1) is 0 Å². The smallest absolute Gasteiger partial charge is 0.303 e. The molecule has 1 amide bonds. The highest BCUT2D eigenvalue weighted by atomic mass is 16.5. The summed E-state index contributed by atoms with van der Waals surface area (Å²) >= 11 is 0. The Morgan fingerprint density at radius 2 is 2.11 bits per heavy atom. The third-order valence-electron chi connectivity index (χ3n) is 3.29. The first-order chi connectivity index (χ1) is 9.08. The summed E-state index contributed by atoms with van der Waals surface area (Å²) in [5.41, 5.74) is 1.02. The van der Waals surface area contributed by atoms with E-state index in [0.717, 1.165) is 11.3 Å². The van der Waals surface area contributed by atoms with Gasteiger partial charge in [0, 0.05) is 19.5 Å². The minimum Gasteiger partial charge on any atom is -0.497 e. The Labute approximate surface area is 111 Å². The van der Waals surface area contributed by atoms with Gasteiger partial charge in [-0.3, -0.25) is 9.59 Å². The molecule has 0 saturated carbocycles. The SMILES string of the molecule is COc1ccc(CN2CC(CC(=O)O)CC2=O)cc1. The van der Waals surface area contributed by atoms with Crippen LogP contribution in [0.5, 0.6) is 5.75 Å². The molecule has 1 N–H and O–H groups in total. The molecule has 1 aromatic carbocycles. The molecule has 1 aliphatic heterocycles. The number of carboxylic acids is 1. The largest absolute Gasteiger partial charge is 0.497 e. The molecule has 1 aliphatic rings. The third kappa shape index (κ3) is 3.47. The van der Waals surface area contributed by atoms with Gasteiger partial charge in [-0.2, -0.15) is 0 Å². The van der Waals surface area contributed by atoms with E-state index in [4.69, 9.17) is 9.84 Å². The van der Waals surface area contributed by atoms with Gasteiger partial charge in [0.2, 0.25) is 5.91 Å². The summed E-state index contributed by atoms with van der Waals surface area (Å²) in [6, 6.07) is 7.53. The van der Waals surface area contributed by atoms with Crippen LogP contribution in [-0.2, 0) is 16.1 Å². The van der Waals surface area contributed by atoms with Crippen molar-refractivity contribution in [1.82, 2.24) is 4.90 Å². The van der Waals surface area contributed by atoms with Crippen LogP contribution in [0.15, 0.2) is 24.3 Å². The molecule has 1 aromatic rings. The predicted octanol–water partition coefficient (Wildman–Crippen LogP) is 1.52. The minimum absolute atomic E-state index is 0.0297. The van der Waals surface area contributed by atoms with Crippen LogP contribution in [0.25, 0.3) is 0 Å². The van der Waals surface area contributed by atoms with Gasteiger partial charge in [-0.1, -0.05) is 12.1 Å². The van der Waals surface area contributed by atoms with Crippen molar-refractivity contribution < 1.29 is 19.4 Å². The molecule has 0 aliphatic carbocycles. The molecular weight excluding hydrogens is 246 g/mol. The first kappa shape index (κ1) is 13.4. The Morgan fingerprint density at radius 3 is 2.68 bits per heavy atom. The summed E-state index contributed by atoms with van der Waals surface area (Å²) in [4.78, 5) is 24.2. The lowest BCUT2D eigenvalue weighted by Gasteiger charge is -2.16. The number of carbonyl (C=O) groups excluding carboxylic acids is 1. The van der Waals surface area contributed by atoms with Gasteiger partial charge >= 0.3 is 5.97 Å². The van der Waals surface area contributed by atoms with Gasteiger partial charge in [-0.05, 0) is 23.6 Å². The fraction of sp³-hybridized carbons (Fsp3) is 0.429. The maximum Gasteiger partial charge on any atom is 0.303 e. The van der Waals surface area contributed by atoms with E-state index in [2.05, 4.69) is 0 Å². The van der Waals surface area contributed by atoms with E-state index in [1.807, 2.05) is 24.3 Å². The highest BCUT2D eigenvalue weighted by Gasteiger charge is 2.30. The van der Waals surface area contributed by atoms with Gasteiger partial charge in [0.05, 0.1) is 13.5 Å². The van der Waals surface area contributed by atoms with Gasteiger partial charge in [-0.25, -0.2) is 0 Å². The van der Waals surface area contributed by atoms with Crippen LogP contribution in [0.3, 0.4) is 0 Å². The van der Waals surface area contributed by atoms with Crippen LogP contribution in [0.1, 0.15) is 18.4 Å². The van der Waals surface area contributed by atoms with E-state index >= 15 is 0 Å². The van der Waals surface area contributed by atoms with E-state index in [1.54, 1.807) is 12.0 Å². The quantitative estimate of drug-likeness (QED) is 0.874. The molecular formula is C14H17NO4. The second-order valence-electron chi connectivity index (χ2n) is 4.79. The number of hydrogen-bond acceptors (Lipinski definition) is 3. The monoisotopic (exact) mass is 263 g/mol. The summed E-state index contributed by atoms with van der Waals surface area (Å²) < 4.78 is 5.08. The second-order valence-corrected chi connectivity index (χ2v) is 4.79. The molecule has 0 radical (unpaired) electrons. The molecule has 1 heterocycles. The molecule has 1 fully saturated rings. The molecule has 1 atom stereocenters. The van der Waals surface area contributed by atoms with Gasteiger partial charge in [0.1, 0.15) is 5.75 Å². The molecule has 0 spiro atoms. The number of carboxylic acid groups (broad SMARTS) is 1. The van der Waals surface area contributed by atoms with Crippen molar-refractivity contribution in [2.45, 2.75) is 19.4 Å². The van der Waals surface area contributed by atoms with Crippen LogP contribution >= 0.6 is 0 Å². The maximum absolute atomic E-state index is 11.8. The van der Waals surface area contributed by atoms with Crippen LogP contribution in [0.4, 0.5) is 0 Å². The Balaban J connectivity index is 1.95. The van der Waals surface area contributed by atoms with E-state index in [1.165, 1.54) is 0 Å². The molecule has 1 unspecified atom stereocenters. The van der Waals surface area contributed by atoms with Crippen molar-refractivity contribution in [3.05, 3.63) is 29.8 Å². The number of amides is 1. The predicted molar refractivity (Wildman–Crippen MR) is 68.8 cm³/mol. The fourth-order valence-corrected chi connectivity index (χ4v) is 2.34. The zero-order valence-corrected chi connectivity index (χ0v) is 10.8. The molecule has 19 heavy (non-hydrogen) atoms. The average Bonchev–Trinajstić information content (AvgIpc) is 2.69. The lowest BCUT2D eigenvalue weighted by atomic mass is 10.1. The van der Waals surface area contributed by atoms with E-state index in [9.17, 15) is 9.59 Å². The number of rotatable bonds is 5. The molecule has 102 valence electrons. The lowest BCUT2D eigenvalue weighted by Crippen LogP contribution is -2.24. The number of methoxy groups -OCH3 is 1. The molecule has 5 heteroatoms. The Kier molecular flexibility index (Phi) is 4.04. The van der Waals surface area contributed by atoms with Crippen LogP contribution in [0.2, 0.25) is 0 Å². The minimum atomic E-state index is -0.843. The summed E-state index contributed by atoms with van der Waals surface area (Å²) in [7, 11) is 1.61. The summed E-state index contributed by atoms with van der Waals surface area (Å²) in [6.07, 6.45) is 0.396. The first-order valence-corrected chi connectivity index (χ1v) is 6.21. The number of nitrogens with zero attached hydrogens (tertiary/aromatic N) is 1. The number of likely N-dealkylation sites (tertiary alicyclic amines) is 1. The van der Waals surface area contributed by atoms with Crippen molar-refractivity contribution in [1.29, 1.82) is 0 Å². The van der Waals surface area contributed by atoms with Crippen molar-refractivity contribution >= 4 is 11.9 Å². The van der Waals surface area contributed by atoms with Gasteiger partial charge < -0.3 is 14.7 Å². The highest BCUT2D eigenvalue weighted by molar-refractivity contribution is 5.80. The van der Waals surface area contributed by atoms with E-state index in [0.29, 0.717) is 19.5 Å². The van der Waals surface area contributed by atoms with Crippen LogP contribution in [0, 0.1) is 5.92 Å². The van der Waals surface area contributed by atoms with Crippen molar-refractivity contribution in [3.8, 4) is 5.75 Å². The molecule has 0 aromatic heterocycles. The Hall–Kier alpha value is -2.04. The zero-order valence-electron chi connectivity index (χ0n) is 10.8. The summed E-state index contributed by atoms with van der Waals surface area (Å²) in [6.45, 7) is 1.05. The average molecular weight is 263 g/mol. The fourth-order valence-electron chi connectivity index (χ4n) is 2.34. The zero-order chi connectivity index (χ0) is 13.8. The first-order valence-electron chi connectivity index (χ1n) is 6.21. The van der Waals surface area contributed by atoms with Crippen molar-refractivity contribution in [3.63, 3.8) is 0 Å². The van der Waals surface area contributed by atoms with Gasteiger partial charge in [0.15, 0.2) is 0 Å². The van der Waals surface area contributed by atoms with E-state index < -0.39 is 5.97 Å². The van der Waals surface area contributed by atoms with Crippen molar-refractivity contribution in [2.75, 3.05) is 13.7 Å². The number of aliphatic carboxylic acids is 1. The summed E-state index contributed by atoms with van der Waals surface area (Å²) in [5.74, 6) is -0.102. The number of benzene rings is 1. The topological polar surface area (TPSA) is 66.8 Å². The number of ether oxygens (including phenoxy) is 1. The second kappa shape index (κ2) is 5.73.